The first-order valence-electron chi connectivity index (χ1n) is 8.67. The molecule has 1 aromatic carbocycles. The van der Waals surface area contributed by atoms with Crippen LogP contribution < -0.4 is 11.2 Å². The SMILES string of the molecule is C=CCn1c(=O)c2c(ncn2[C@@H](C)C(=O)OCC)n(-c2ccccc2Cl)c1=O. The van der Waals surface area contributed by atoms with E-state index in [1.807, 2.05) is 0 Å². The zero-order chi connectivity index (χ0) is 20.4. The number of carbonyl (C=O) groups excluding carboxylic acids is 1. The van der Waals surface area contributed by atoms with E-state index in [0.29, 0.717) is 10.7 Å². The van der Waals surface area contributed by atoms with Crippen LogP contribution in [-0.2, 0) is 16.1 Å². The van der Waals surface area contributed by atoms with Gasteiger partial charge in [-0.2, -0.15) is 0 Å². The van der Waals surface area contributed by atoms with Gasteiger partial charge in [-0.05, 0) is 26.0 Å². The number of aromatic nitrogens is 4. The van der Waals surface area contributed by atoms with Gasteiger partial charge < -0.3 is 9.30 Å². The second-order valence-electron chi connectivity index (χ2n) is 6.03. The number of nitrogens with zero attached hydrogens (tertiary/aromatic N) is 4. The number of imidazole rings is 1. The lowest BCUT2D eigenvalue weighted by molar-refractivity contribution is -0.146. The molecule has 2 heterocycles. The van der Waals surface area contributed by atoms with Crippen LogP contribution in [0.15, 0.2) is 52.8 Å². The van der Waals surface area contributed by atoms with Crippen LogP contribution >= 0.6 is 11.6 Å². The number of hydrogen-bond acceptors (Lipinski definition) is 5. The van der Waals surface area contributed by atoms with Gasteiger partial charge in [0.25, 0.3) is 5.56 Å². The van der Waals surface area contributed by atoms with Crippen molar-refractivity contribution in [3.63, 3.8) is 0 Å². The maximum atomic E-state index is 13.0. The molecule has 146 valence electrons. The average Bonchev–Trinajstić information content (AvgIpc) is 3.11. The number of fused-ring (bicyclic) bond motifs is 1. The molecule has 0 saturated heterocycles. The Morgan fingerprint density at radius 3 is 2.71 bits per heavy atom. The van der Waals surface area contributed by atoms with Crippen LogP contribution in [-0.4, -0.2) is 31.3 Å². The van der Waals surface area contributed by atoms with E-state index >= 15 is 0 Å². The topological polar surface area (TPSA) is 88.1 Å². The van der Waals surface area contributed by atoms with Crippen LogP contribution in [0, 0.1) is 0 Å². The number of halogens is 1. The third kappa shape index (κ3) is 3.16. The second kappa shape index (κ2) is 7.85. The highest BCUT2D eigenvalue weighted by Crippen LogP contribution is 2.22. The lowest BCUT2D eigenvalue weighted by Crippen LogP contribution is -2.40. The highest BCUT2D eigenvalue weighted by atomic mass is 35.5. The summed E-state index contributed by atoms with van der Waals surface area (Å²) in [6.45, 7) is 7.11. The van der Waals surface area contributed by atoms with Crippen LogP contribution in [0.25, 0.3) is 16.9 Å². The molecule has 0 aliphatic rings. The van der Waals surface area contributed by atoms with Crippen molar-refractivity contribution in [2.45, 2.75) is 26.4 Å². The molecule has 0 bridgehead atoms. The Hall–Kier alpha value is -3.13. The van der Waals surface area contributed by atoms with Crippen molar-refractivity contribution in [1.29, 1.82) is 0 Å². The first-order chi connectivity index (χ1) is 13.4. The predicted octanol–water partition coefficient (Wildman–Crippen LogP) is 2.31. The van der Waals surface area contributed by atoms with Gasteiger partial charge in [-0.3, -0.25) is 9.36 Å². The van der Waals surface area contributed by atoms with E-state index < -0.39 is 23.3 Å². The maximum absolute atomic E-state index is 13.0. The van der Waals surface area contributed by atoms with Crippen LogP contribution in [0.1, 0.15) is 19.9 Å². The zero-order valence-electron chi connectivity index (χ0n) is 15.5. The quantitative estimate of drug-likeness (QED) is 0.466. The third-order valence-electron chi connectivity index (χ3n) is 4.31. The molecule has 0 saturated carbocycles. The first-order valence-corrected chi connectivity index (χ1v) is 9.05. The summed E-state index contributed by atoms with van der Waals surface area (Å²) >= 11 is 6.29. The number of para-hydroxylation sites is 1. The molecule has 0 amide bonds. The van der Waals surface area contributed by atoms with E-state index in [1.54, 1.807) is 38.1 Å². The normalized spacial score (nSPS) is 12.1. The first kappa shape index (κ1) is 19.6. The Morgan fingerprint density at radius 1 is 1.36 bits per heavy atom. The molecule has 3 rings (SSSR count). The Morgan fingerprint density at radius 2 is 2.07 bits per heavy atom. The fraction of sp³-hybridized carbons (Fsp3) is 0.263. The van der Waals surface area contributed by atoms with Gasteiger partial charge in [0.15, 0.2) is 11.2 Å². The minimum atomic E-state index is -0.799. The van der Waals surface area contributed by atoms with Crippen LogP contribution in [0.2, 0.25) is 5.02 Å². The summed E-state index contributed by atoms with van der Waals surface area (Å²) in [6, 6.07) is 5.94. The molecule has 0 radical (unpaired) electrons. The van der Waals surface area contributed by atoms with Crippen molar-refractivity contribution >= 4 is 28.7 Å². The molecule has 0 fully saturated rings. The number of benzene rings is 1. The van der Waals surface area contributed by atoms with E-state index in [-0.39, 0.29) is 24.3 Å². The molecule has 0 aliphatic carbocycles. The molecule has 0 spiro atoms. The number of ether oxygens (including phenoxy) is 1. The lowest BCUT2D eigenvalue weighted by Gasteiger charge is -2.15. The van der Waals surface area contributed by atoms with Crippen molar-refractivity contribution in [2.75, 3.05) is 6.61 Å². The monoisotopic (exact) mass is 402 g/mol. The number of esters is 1. The van der Waals surface area contributed by atoms with Crippen molar-refractivity contribution < 1.29 is 9.53 Å². The Kier molecular flexibility index (Phi) is 5.51. The van der Waals surface area contributed by atoms with Crippen molar-refractivity contribution in [3.8, 4) is 5.69 Å². The fourth-order valence-corrected chi connectivity index (χ4v) is 3.18. The summed E-state index contributed by atoms with van der Waals surface area (Å²) in [5.41, 5.74) is -0.580. The molecule has 1 atom stereocenters. The van der Waals surface area contributed by atoms with Gasteiger partial charge in [0, 0.05) is 6.54 Å². The van der Waals surface area contributed by atoms with Gasteiger partial charge in [-0.15, -0.1) is 6.58 Å². The summed E-state index contributed by atoms with van der Waals surface area (Å²) in [5.74, 6) is -0.507. The van der Waals surface area contributed by atoms with E-state index in [1.165, 1.54) is 21.5 Å². The van der Waals surface area contributed by atoms with Crippen LogP contribution in [0.5, 0.6) is 0 Å². The van der Waals surface area contributed by atoms with Crippen LogP contribution in [0.3, 0.4) is 0 Å². The van der Waals surface area contributed by atoms with Crippen molar-refractivity contribution in [3.05, 3.63) is 69.1 Å². The van der Waals surface area contributed by atoms with Crippen molar-refractivity contribution in [2.24, 2.45) is 0 Å². The van der Waals surface area contributed by atoms with E-state index in [9.17, 15) is 14.4 Å². The molecule has 0 unspecified atom stereocenters. The summed E-state index contributed by atoms with van der Waals surface area (Å²) in [6.07, 6.45) is 2.79. The Labute approximate surface area is 165 Å². The van der Waals surface area contributed by atoms with Gasteiger partial charge in [-0.1, -0.05) is 29.8 Å². The minimum Gasteiger partial charge on any atom is -0.464 e. The molecule has 2 aromatic heterocycles. The largest absolute Gasteiger partial charge is 0.464 e. The maximum Gasteiger partial charge on any atom is 0.337 e. The van der Waals surface area contributed by atoms with E-state index in [0.717, 1.165) is 4.57 Å². The van der Waals surface area contributed by atoms with Gasteiger partial charge in [-0.25, -0.2) is 19.1 Å². The molecule has 3 aromatic rings. The highest BCUT2D eigenvalue weighted by Gasteiger charge is 2.25. The molecule has 0 aliphatic heterocycles. The Bertz CT molecular complexity index is 1170. The molecular weight excluding hydrogens is 384 g/mol. The van der Waals surface area contributed by atoms with Gasteiger partial charge >= 0.3 is 11.7 Å². The highest BCUT2D eigenvalue weighted by molar-refractivity contribution is 6.32. The second-order valence-corrected chi connectivity index (χ2v) is 6.43. The van der Waals surface area contributed by atoms with Crippen LogP contribution in [0.4, 0.5) is 0 Å². The van der Waals surface area contributed by atoms with Gasteiger partial charge in [0.1, 0.15) is 6.04 Å². The molecule has 0 N–H and O–H groups in total. The van der Waals surface area contributed by atoms with E-state index in [2.05, 4.69) is 11.6 Å². The fourth-order valence-electron chi connectivity index (χ4n) is 2.96. The molecule has 28 heavy (non-hydrogen) atoms. The smallest absolute Gasteiger partial charge is 0.337 e. The number of hydrogen-bond donors (Lipinski definition) is 0. The zero-order valence-corrected chi connectivity index (χ0v) is 16.2. The van der Waals surface area contributed by atoms with Gasteiger partial charge in [0.2, 0.25) is 0 Å². The van der Waals surface area contributed by atoms with E-state index in [4.69, 9.17) is 16.3 Å². The number of carbonyl (C=O) groups is 1. The third-order valence-corrected chi connectivity index (χ3v) is 4.63. The lowest BCUT2D eigenvalue weighted by atomic mass is 10.3. The minimum absolute atomic E-state index is 0.00295. The Balaban J connectivity index is 2.41. The molecular formula is C19H19ClN4O4. The summed E-state index contributed by atoms with van der Waals surface area (Å²) in [5, 5.41) is 0.322. The van der Waals surface area contributed by atoms with Gasteiger partial charge in [0.05, 0.1) is 23.6 Å². The van der Waals surface area contributed by atoms with Crippen molar-refractivity contribution in [1.82, 2.24) is 18.7 Å². The summed E-state index contributed by atoms with van der Waals surface area (Å²) in [4.78, 5) is 42.5. The summed E-state index contributed by atoms with van der Waals surface area (Å²) < 4.78 is 8.74. The predicted molar refractivity (Wildman–Crippen MR) is 106 cm³/mol. The summed E-state index contributed by atoms with van der Waals surface area (Å²) in [7, 11) is 0. The molecule has 8 nitrogen and oxygen atoms in total. The molecule has 9 heteroatoms. The number of rotatable bonds is 6. The number of allylic oxidation sites excluding steroid dienone is 1. The average molecular weight is 403 g/mol. The standard InChI is InChI=1S/C19H19ClN4O4/c1-4-10-22-17(25)15-16(21-11-23(15)12(3)18(26)28-5-2)24(19(22)27)14-9-7-6-8-13(14)20/h4,6-9,11-12H,1,5,10H2,2-3H3/t12-/m0/s1.